The highest BCUT2D eigenvalue weighted by Crippen LogP contribution is 2.44. The fourth-order valence-corrected chi connectivity index (χ4v) is 3.70. The molecular weight excluding hydrogens is 254 g/mol. The molecule has 0 aromatic carbocycles. The Kier molecular flexibility index (Phi) is 6.97. The van der Waals surface area contributed by atoms with Crippen LogP contribution in [0.4, 0.5) is 0 Å². The van der Waals surface area contributed by atoms with Gasteiger partial charge in [0.2, 0.25) is 0 Å². The number of hydrogen-bond acceptors (Lipinski definition) is 1. The van der Waals surface area contributed by atoms with E-state index in [1.807, 2.05) is 0 Å². The molecule has 1 fully saturated rings. The van der Waals surface area contributed by atoms with Crippen molar-refractivity contribution in [2.24, 2.45) is 23.2 Å². The molecule has 0 aromatic rings. The van der Waals surface area contributed by atoms with Gasteiger partial charge in [0, 0.05) is 5.54 Å². The van der Waals surface area contributed by atoms with E-state index in [0.717, 1.165) is 17.8 Å². The summed E-state index contributed by atoms with van der Waals surface area (Å²) < 4.78 is 0. The Bertz CT molecular complexity index is 305. The lowest BCUT2D eigenvalue weighted by atomic mass is 9.64. The molecule has 0 heterocycles. The zero-order valence-electron chi connectivity index (χ0n) is 15.5. The summed E-state index contributed by atoms with van der Waals surface area (Å²) in [6.45, 7) is 19.2. The largest absolute Gasteiger partial charge is 0.312 e. The third-order valence-corrected chi connectivity index (χ3v) is 5.24. The maximum Gasteiger partial charge on any atom is 0.00966 e. The van der Waals surface area contributed by atoms with Crippen LogP contribution in [0.1, 0.15) is 80.1 Å². The highest BCUT2D eigenvalue weighted by molar-refractivity contribution is 4.88. The van der Waals surface area contributed by atoms with Gasteiger partial charge in [-0.15, -0.1) is 6.58 Å². The monoisotopic (exact) mass is 293 g/mol. The fraction of sp³-hybridized carbons (Fsp3) is 0.900. The minimum absolute atomic E-state index is 0.243. The molecule has 1 aliphatic carbocycles. The van der Waals surface area contributed by atoms with Crippen molar-refractivity contribution in [3.8, 4) is 0 Å². The Balaban J connectivity index is 2.61. The van der Waals surface area contributed by atoms with Crippen LogP contribution in [0.2, 0.25) is 0 Å². The van der Waals surface area contributed by atoms with Gasteiger partial charge in [0.15, 0.2) is 0 Å². The summed E-state index contributed by atoms with van der Waals surface area (Å²) >= 11 is 0. The average molecular weight is 294 g/mol. The van der Waals surface area contributed by atoms with Crippen molar-refractivity contribution in [2.75, 3.05) is 6.54 Å². The van der Waals surface area contributed by atoms with Crippen molar-refractivity contribution in [1.82, 2.24) is 5.32 Å². The van der Waals surface area contributed by atoms with E-state index in [1.54, 1.807) is 0 Å². The normalized spacial score (nSPS) is 27.6. The second-order valence-electron chi connectivity index (χ2n) is 9.25. The topological polar surface area (TPSA) is 12.0 Å². The lowest BCUT2D eigenvalue weighted by molar-refractivity contribution is 0.0883. The lowest BCUT2D eigenvalue weighted by Crippen LogP contribution is -2.43. The first-order valence-electron chi connectivity index (χ1n) is 8.99. The zero-order valence-corrected chi connectivity index (χ0v) is 15.5. The smallest absolute Gasteiger partial charge is 0.00966 e. The number of unbranched alkanes of at least 4 members (excludes halogenated alkanes) is 1. The van der Waals surface area contributed by atoms with E-state index in [-0.39, 0.29) is 5.54 Å². The van der Waals surface area contributed by atoms with Gasteiger partial charge >= 0.3 is 0 Å². The standard InChI is InChI=1S/C20H39N/c1-8-9-10-11-16-14-18(19(2,3)4)13-12-17(16)15-21-20(5,6)7/h8,16-18,21H,1,9-15H2,2-7H3. The molecule has 0 bridgehead atoms. The number of rotatable bonds is 6. The number of hydrogen-bond donors (Lipinski definition) is 1. The second kappa shape index (κ2) is 7.81. The summed E-state index contributed by atoms with van der Waals surface area (Å²) in [6, 6.07) is 0. The van der Waals surface area contributed by atoms with E-state index >= 15 is 0 Å². The van der Waals surface area contributed by atoms with Gasteiger partial charge in [0.1, 0.15) is 0 Å². The Morgan fingerprint density at radius 1 is 1.05 bits per heavy atom. The van der Waals surface area contributed by atoms with E-state index in [2.05, 4.69) is 59.5 Å². The molecular formula is C20H39N. The molecule has 124 valence electrons. The minimum Gasteiger partial charge on any atom is -0.312 e. The molecule has 21 heavy (non-hydrogen) atoms. The van der Waals surface area contributed by atoms with Crippen LogP contribution in [0.15, 0.2) is 12.7 Å². The first-order valence-corrected chi connectivity index (χ1v) is 8.99. The Labute approximate surface area is 134 Å². The maximum absolute atomic E-state index is 3.87. The summed E-state index contributed by atoms with van der Waals surface area (Å²) in [5, 5.41) is 3.75. The van der Waals surface area contributed by atoms with Gasteiger partial charge in [0.25, 0.3) is 0 Å². The average Bonchev–Trinajstić information content (AvgIpc) is 2.35. The minimum atomic E-state index is 0.243. The van der Waals surface area contributed by atoms with Crippen LogP contribution in [0.3, 0.4) is 0 Å². The van der Waals surface area contributed by atoms with Gasteiger partial charge in [-0.3, -0.25) is 0 Å². The van der Waals surface area contributed by atoms with Crippen LogP contribution in [-0.2, 0) is 0 Å². The van der Waals surface area contributed by atoms with Crippen molar-refractivity contribution in [3.63, 3.8) is 0 Å². The van der Waals surface area contributed by atoms with Crippen molar-refractivity contribution in [3.05, 3.63) is 12.7 Å². The van der Waals surface area contributed by atoms with Gasteiger partial charge in [-0.2, -0.15) is 0 Å². The van der Waals surface area contributed by atoms with Crippen LogP contribution in [0, 0.1) is 23.2 Å². The highest BCUT2D eigenvalue weighted by atomic mass is 14.9. The predicted molar refractivity (Wildman–Crippen MR) is 95.6 cm³/mol. The molecule has 0 aliphatic heterocycles. The molecule has 1 N–H and O–H groups in total. The summed E-state index contributed by atoms with van der Waals surface area (Å²) in [5.41, 5.74) is 0.714. The third-order valence-electron chi connectivity index (χ3n) is 5.24. The van der Waals surface area contributed by atoms with Crippen LogP contribution < -0.4 is 5.32 Å². The van der Waals surface area contributed by atoms with Crippen LogP contribution in [-0.4, -0.2) is 12.1 Å². The number of nitrogens with one attached hydrogen (secondary N) is 1. The summed E-state index contributed by atoms with van der Waals surface area (Å²) in [5.74, 6) is 2.67. The fourth-order valence-electron chi connectivity index (χ4n) is 3.70. The lowest BCUT2D eigenvalue weighted by Gasteiger charge is -2.43. The van der Waals surface area contributed by atoms with E-state index in [1.165, 1.54) is 45.1 Å². The molecule has 1 rings (SSSR count). The van der Waals surface area contributed by atoms with E-state index in [9.17, 15) is 0 Å². The first-order chi connectivity index (χ1) is 9.63. The van der Waals surface area contributed by atoms with Crippen molar-refractivity contribution < 1.29 is 0 Å². The SMILES string of the molecule is C=CCCCC1CC(C(C)(C)C)CCC1CNC(C)(C)C. The summed E-state index contributed by atoms with van der Waals surface area (Å²) in [4.78, 5) is 0. The molecule has 1 nitrogen and oxygen atoms in total. The van der Waals surface area contributed by atoms with Gasteiger partial charge in [0.05, 0.1) is 0 Å². The second-order valence-corrected chi connectivity index (χ2v) is 9.25. The van der Waals surface area contributed by atoms with Crippen LogP contribution >= 0.6 is 0 Å². The molecule has 0 aromatic heterocycles. The molecule has 0 spiro atoms. The Morgan fingerprint density at radius 2 is 1.71 bits per heavy atom. The molecule has 0 radical (unpaired) electrons. The molecule has 3 atom stereocenters. The molecule has 0 saturated heterocycles. The Morgan fingerprint density at radius 3 is 2.24 bits per heavy atom. The van der Waals surface area contributed by atoms with Crippen molar-refractivity contribution in [2.45, 2.75) is 85.6 Å². The number of allylic oxidation sites excluding steroid dienone is 1. The van der Waals surface area contributed by atoms with Gasteiger partial charge in [-0.25, -0.2) is 0 Å². The quantitative estimate of drug-likeness (QED) is 0.481. The van der Waals surface area contributed by atoms with Crippen LogP contribution in [0.5, 0.6) is 0 Å². The molecule has 1 heteroatoms. The van der Waals surface area contributed by atoms with E-state index in [0.29, 0.717) is 5.41 Å². The predicted octanol–water partition coefficient (Wildman–Crippen LogP) is 5.81. The van der Waals surface area contributed by atoms with Crippen molar-refractivity contribution in [1.29, 1.82) is 0 Å². The van der Waals surface area contributed by atoms with Crippen LogP contribution in [0.25, 0.3) is 0 Å². The Hall–Kier alpha value is -0.300. The molecule has 1 aliphatic rings. The van der Waals surface area contributed by atoms with Gasteiger partial charge in [-0.1, -0.05) is 26.8 Å². The summed E-state index contributed by atoms with van der Waals surface area (Å²) in [6.07, 6.45) is 10.2. The molecule has 1 saturated carbocycles. The van der Waals surface area contributed by atoms with Gasteiger partial charge in [-0.05, 0) is 89.0 Å². The maximum atomic E-state index is 3.87. The molecule has 3 unspecified atom stereocenters. The van der Waals surface area contributed by atoms with Crippen molar-refractivity contribution >= 4 is 0 Å². The first kappa shape index (κ1) is 18.7. The zero-order chi connectivity index (χ0) is 16.1. The third kappa shape index (κ3) is 7.00. The van der Waals surface area contributed by atoms with Gasteiger partial charge < -0.3 is 5.32 Å². The van der Waals surface area contributed by atoms with E-state index < -0.39 is 0 Å². The van der Waals surface area contributed by atoms with E-state index in [4.69, 9.17) is 0 Å². The highest BCUT2D eigenvalue weighted by Gasteiger charge is 2.35. The molecule has 0 amide bonds. The summed E-state index contributed by atoms with van der Waals surface area (Å²) in [7, 11) is 0.